The first-order chi connectivity index (χ1) is 9.70. The molecule has 100 valence electrons. The van der Waals surface area contributed by atoms with Crippen molar-refractivity contribution in [2.24, 2.45) is 0 Å². The van der Waals surface area contributed by atoms with Gasteiger partial charge in [-0.3, -0.25) is 0 Å². The van der Waals surface area contributed by atoms with Crippen molar-refractivity contribution >= 4 is 17.0 Å². The number of pyridine rings is 2. The fourth-order valence-corrected chi connectivity index (χ4v) is 2.46. The summed E-state index contributed by atoms with van der Waals surface area (Å²) in [6, 6.07) is 4.84. The average molecular weight is 270 g/mol. The van der Waals surface area contributed by atoms with Crippen LogP contribution in [0.1, 0.15) is 5.56 Å². The molecule has 0 aliphatic carbocycles. The van der Waals surface area contributed by atoms with E-state index in [1.165, 1.54) is 11.6 Å². The van der Waals surface area contributed by atoms with Crippen molar-refractivity contribution in [1.82, 2.24) is 15.0 Å². The fourth-order valence-electron chi connectivity index (χ4n) is 2.46. The van der Waals surface area contributed by atoms with E-state index in [4.69, 9.17) is 4.42 Å². The Balaban J connectivity index is 1.83. The summed E-state index contributed by atoms with van der Waals surface area (Å²) in [5.41, 5.74) is 2.71. The molecular weight excluding hydrogens is 259 g/mol. The molecule has 0 unspecified atom stereocenters. The highest BCUT2D eigenvalue weighted by Gasteiger charge is 2.19. The number of halogens is 1. The summed E-state index contributed by atoms with van der Waals surface area (Å²) in [4.78, 5) is 14.6. The first-order valence-corrected chi connectivity index (χ1v) is 6.34. The molecule has 0 aromatic carbocycles. The van der Waals surface area contributed by atoms with E-state index in [1.54, 1.807) is 12.3 Å². The Morgan fingerprint density at radius 1 is 1.30 bits per heavy atom. The minimum absolute atomic E-state index is 0.206. The quantitative estimate of drug-likeness (QED) is 0.636. The molecule has 3 aromatic rings. The van der Waals surface area contributed by atoms with Gasteiger partial charge in [0.15, 0.2) is 0 Å². The molecule has 20 heavy (non-hydrogen) atoms. The lowest BCUT2D eigenvalue weighted by Gasteiger charge is -2.09. The number of oxazole rings is 1. The van der Waals surface area contributed by atoms with E-state index >= 15 is 0 Å². The van der Waals surface area contributed by atoms with Crippen LogP contribution in [0.3, 0.4) is 0 Å². The SMILES string of the molecule is CN1CCc2cc(-c3nc4ccc(F)nc4o3)cnc21. The summed E-state index contributed by atoms with van der Waals surface area (Å²) in [6.07, 6.45) is 2.68. The molecule has 4 rings (SSSR count). The van der Waals surface area contributed by atoms with E-state index in [2.05, 4.69) is 19.9 Å². The van der Waals surface area contributed by atoms with E-state index in [-0.39, 0.29) is 5.71 Å². The van der Waals surface area contributed by atoms with Gasteiger partial charge in [-0.15, -0.1) is 0 Å². The van der Waals surface area contributed by atoms with Crippen LogP contribution in [0.25, 0.3) is 22.7 Å². The standard InChI is InChI=1S/C14H11FN4O/c1-19-5-4-8-6-9(7-16-12(8)19)13-17-10-2-3-11(15)18-14(10)20-13/h2-3,6-7H,4-5H2,1H3. The molecule has 0 spiro atoms. The lowest BCUT2D eigenvalue weighted by molar-refractivity contribution is 0.559. The number of nitrogens with zero attached hydrogens (tertiary/aromatic N) is 4. The van der Waals surface area contributed by atoms with Crippen molar-refractivity contribution in [2.75, 3.05) is 18.5 Å². The van der Waals surface area contributed by atoms with Crippen LogP contribution in [0.15, 0.2) is 28.8 Å². The fraction of sp³-hybridized carbons (Fsp3) is 0.214. The third-order valence-electron chi connectivity index (χ3n) is 3.49. The van der Waals surface area contributed by atoms with Gasteiger partial charge in [-0.05, 0) is 30.2 Å². The number of anilines is 1. The third-order valence-corrected chi connectivity index (χ3v) is 3.49. The predicted molar refractivity (Wildman–Crippen MR) is 72.0 cm³/mol. The van der Waals surface area contributed by atoms with Crippen molar-refractivity contribution in [3.05, 3.63) is 35.9 Å². The minimum Gasteiger partial charge on any atom is -0.418 e. The first-order valence-electron chi connectivity index (χ1n) is 6.34. The molecule has 0 bridgehead atoms. The van der Waals surface area contributed by atoms with Gasteiger partial charge in [0.05, 0.1) is 5.56 Å². The molecule has 4 heterocycles. The molecular formula is C14H11FN4O. The van der Waals surface area contributed by atoms with E-state index in [1.807, 2.05) is 13.1 Å². The smallest absolute Gasteiger partial charge is 0.250 e. The molecule has 5 nitrogen and oxygen atoms in total. The molecule has 1 aliphatic rings. The Bertz CT molecular complexity index is 814. The highest BCUT2D eigenvalue weighted by molar-refractivity contribution is 5.73. The van der Waals surface area contributed by atoms with Crippen molar-refractivity contribution in [2.45, 2.75) is 6.42 Å². The lowest BCUT2D eigenvalue weighted by Crippen LogP contribution is -2.13. The van der Waals surface area contributed by atoms with Gasteiger partial charge in [-0.25, -0.2) is 9.97 Å². The predicted octanol–water partition coefficient (Wildman–Crippen LogP) is 2.42. The largest absolute Gasteiger partial charge is 0.418 e. The zero-order valence-electron chi connectivity index (χ0n) is 10.8. The molecule has 6 heteroatoms. The monoisotopic (exact) mass is 270 g/mol. The van der Waals surface area contributed by atoms with Gasteiger partial charge >= 0.3 is 0 Å². The van der Waals surface area contributed by atoms with Crippen molar-refractivity contribution in [3.63, 3.8) is 0 Å². The first kappa shape index (κ1) is 11.3. The van der Waals surface area contributed by atoms with Crippen LogP contribution in [0, 0.1) is 5.95 Å². The number of hydrogen-bond donors (Lipinski definition) is 0. The summed E-state index contributed by atoms with van der Waals surface area (Å²) >= 11 is 0. The number of fused-ring (bicyclic) bond motifs is 2. The van der Waals surface area contributed by atoms with Gasteiger partial charge in [0.1, 0.15) is 11.3 Å². The molecule has 0 radical (unpaired) electrons. The number of aromatic nitrogens is 3. The molecule has 0 saturated heterocycles. The Hall–Kier alpha value is -2.50. The Kier molecular flexibility index (Phi) is 2.26. The minimum atomic E-state index is -0.575. The Morgan fingerprint density at radius 3 is 3.10 bits per heavy atom. The summed E-state index contributed by atoms with van der Waals surface area (Å²) in [7, 11) is 2.02. The van der Waals surface area contributed by atoms with Crippen molar-refractivity contribution in [3.8, 4) is 11.5 Å². The third kappa shape index (κ3) is 1.65. The van der Waals surface area contributed by atoms with Crippen LogP contribution in [0.5, 0.6) is 0 Å². The van der Waals surface area contributed by atoms with Gasteiger partial charge in [0, 0.05) is 19.8 Å². The molecule has 0 atom stereocenters. The summed E-state index contributed by atoms with van der Waals surface area (Å²) in [5, 5.41) is 0. The summed E-state index contributed by atoms with van der Waals surface area (Å²) < 4.78 is 18.6. The Labute approximate surface area is 114 Å². The highest BCUT2D eigenvalue weighted by atomic mass is 19.1. The van der Waals surface area contributed by atoms with Crippen LogP contribution < -0.4 is 4.90 Å². The zero-order valence-corrected chi connectivity index (χ0v) is 10.8. The number of rotatable bonds is 1. The topological polar surface area (TPSA) is 55.1 Å². The molecule has 0 fully saturated rings. The van der Waals surface area contributed by atoms with Crippen LogP contribution in [-0.2, 0) is 6.42 Å². The second-order valence-corrected chi connectivity index (χ2v) is 4.86. The summed E-state index contributed by atoms with van der Waals surface area (Å²) in [6.45, 7) is 0.964. The summed E-state index contributed by atoms with van der Waals surface area (Å²) in [5.74, 6) is 0.839. The van der Waals surface area contributed by atoms with Crippen LogP contribution in [0.4, 0.5) is 10.2 Å². The highest BCUT2D eigenvalue weighted by Crippen LogP contribution is 2.29. The molecule has 0 amide bonds. The van der Waals surface area contributed by atoms with Gasteiger partial charge in [-0.2, -0.15) is 9.37 Å². The van der Waals surface area contributed by atoms with Gasteiger partial charge in [0.25, 0.3) is 0 Å². The second-order valence-electron chi connectivity index (χ2n) is 4.86. The molecule has 1 aliphatic heterocycles. The van der Waals surface area contributed by atoms with Crippen molar-refractivity contribution < 1.29 is 8.81 Å². The second kappa shape index (κ2) is 4.00. The van der Waals surface area contributed by atoms with E-state index in [0.717, 1.165) is 24.3 Å². The zero-order chi connectivity index (χ0) is 13.7. The van der Waals surface area contributed by atoms with Crippen LogP contribution in [-0.4, -0.2) is 28.5 Å². The molecule has 3 aromatic heterocycles. The molecule has 0 saturated carbocycles. The maximum Gasteiger partial charge on any atom is 0.250 e. The maximum atomic E-state index is 13.1. The normalized spacial score (nSPS) is 14.0. The van der Waals surface area contributed by atoms with Crippen LogP contribution in [0.2, 0.25) is 0 Å². The number of hydrogen-bond acceptors (Lipinski definition) is 5. The van der Waals surface area contributed by atoms with Gasteiger partial charge in [-0.1, -0.05) is 0 Å². The number of likely N-dealkylation sites (N-methyl/N-ethyl adjacent to an activating group) is 1. The average Bonchev–Trinajstić information content (AvgIpc) is 3.02. The lowest BCUT2D eigenvalue weighted by atomic mass is 10.1. The van der Waals surface area contributed by atoms with E-state index in [9.17, 15) is 4.39 Å². The van der Waals surface area contributed by atoms with Gasteiger partial charge in [0.2, 0.25) is 17.6 Å². The van der Waals surface area contributed by atoms with E-state index in [0.29, 0.717) is 11.4 Å². The Morgan fingerprint density at radius 2 is 2.20 bits per heavy atom. The van der Waals surface area contributed by atoms with Crippen LogP contribution >= 0.6 is 0 Å². The van der Waals surface area contributed by atoms with Gasteiger partial charge < -0.3 is 9.32 Å². The van der Waals surface area contributed by atoms with Crippen molar-refractivity contribution in [1.29, 1.82) is 0 Å². The van der Waals surface area contributed by atoms with E-state index < -0.39 is 5.95 Å². The maximum absolute atomic E-state index is 13.1. The molecule has 0 N–H and O–H groups in total.